The summed E-state index contributed by atoms with van der Waals surface area (Å²) < 4.78 is 0. The minimum atomic E-state index is 0.00852. The molecule has 3 nitrogen and oxygen atoms in total. The quantitative estimate of drug-likeness (QED) is 0.554. The molecule has 1 rings (SSSR count). The fourth-order valence-electron chi connectivity index (χ4n) is 1.94. The zero-order valence-electron chi connectivity index (χ0n) is 10.7. The van der Waals surface area contributed by atoms with Gasteiger partial charge in [0.05, 0.1) is 0 Å². The van der Waals surface area contributed by atoms with Gasteiger partial charge in [0.1, 0.15) is 0 Å². The average Bonchev–Trinajstić information content (AvgIpc) is 2.75. The molecule has 1 fully saturated rings. The molecule has 1 aliphatic rings. The fraction of sp³-hybridized carbons (Fsp3) is 0.917. The summed E-state index contributed by atoms with van der Waals surface area (Å²) in [6.45, 7) is 11.7. The van der Waals surface area contributed by atoms with Crippen molar-refractivity contribution in [3.63, 3.8) is 0 Å². The van der Waals surface area contributed by atoms with Crippen LogP contribution >= 0.6 is 0 Å². The molecular weight excluding hydrogens is 186 g/mol. The highest BCUT2D eigenvalue weighted by Gasteiger charge is 2.38. The lowest BCUT2D eigenvalue weighted by Crippen LogP contribution is -2.45. The highest BCUT2D eigenvalue weighted by atomic mass is 15.1. The number of aliphatic imine (C=N–C) groups is 1. The Morgan fingerprint density at radius 3 is 2.47 bits per heavy atom. The Morgan fingerprint density at radius 2 is 2.07 bits per heavy atom. The van der Waals surface area contributed by atoms with E-state index >= 15 is 0 Å². The SMILES string of the molecule is CC(C)[C@@H]1C[C@H]1CN=C(N)NC(C)(C)C. The van der Waals surface area contributed by atoms with Gasteiger partial charge in [-0.3, -0.25) is 4.99 Å². The predicted octanol–water partition coefficient (Wildman–Crippen LogP) is 1.98. The van der Waals surface area contributed by atoms with Crippen LogP contribution in [0.5, 0.6) is 0 Å². The molecule has 1 aliphatic carbocycles. The molecule has 0 saturated heterocycles. The second kappa shape index (κ2) is 4.42. The van der Waals surface area contributed by atoms with Gasteiger partial charge in [-0.1, -0.05) is 13.8 Å². The van der Waals surface area contributed by atoms with Crippen molar-refractivity contribution in [3.8, 4) is 0 Å². The Balaban J connectivity index is 2.27. The molecule has 0 aromatic heterocycles. The lowest BCUT2D eigenvalue weighted by molar-refractivity contribution is 0.503. The largest absolute Gasteiger partial charge is 0.370 e. The van der Waals surface area contributed by atoms with Crippen molar-refractivity contribution in [2.24, 2.45) is 28.5 Å². The van der Waals surface area contributed by atoms with Crippen molar-refractivity contribution < 1.29 is 0 Å². The maximum Gasteiger partial charge on any atom is 0.188 e. The predicted molar refractivity (Wildman–Crippen MR) is 65.8 cm³/mol. The number of nitrogens with zero attached hydrogens (tertiary/aromatic N) is 1. The number of nitrogens with one attached hydrogen (secondary N) is 1. The van der Waals surface area contributed by atoms with Gasteiger partial charge in [-0.15, -0.1) is 0 Å². The summed E-state index contributed by atoms with van der Waals surface area (Å²) in [4.78, 5) is 4.39. The van der Waals surface area contributed by atoms with E-state index in [0.717, 1.165) is 24.3 Å². The first-order chi connectivity index (χ1) is 6.79. The van der Waals surface area contributed by atoms with Crippen molar-refractivity contribution >= 4 is 5.96 Å². The summed E-state index contributed by atoms with van der Waals surface area (Å²) >= 11 is 0. The van der Waals surface area contributed by atoms with Crippen molar-refractivity contribution in [1.82, 2.24) is 5.32 Å². The van der Waals surface area contributed by atoms with Gasteiger partial charge in [-0.05, 0) is 44.9 Å². The minimum absolute atomic E-state index is 0.00852. The third-order valence-electron chi connectivity index (χ3n) is 2.83. The maximum atomic E-state index is 5.80. The molecule has 0 aromatic rings. The maximum absolute atomic E-state index is 5.80. The van der Waals surface area contributed by atoms with Gasteiger partial charge >= 0.3 is 0 Å². The molecule has 2 atom stereocenters. The molecule has 0 radical (unpaired) electrons. The van der Waals surface area contributed by atoms with Gasteiger partial charge in [-0.25, -0.2) is 0 Å². The Hall–Kier alpha value is -0.730. The standard InChI is InChI=1S/C12H25N3/c1-8(2)10-6-9(10)7-14-11(13)15-12(3,4)5/h8-10H,6-7H2,1-5H3,(H3,13,14,15)/t9-,10-/m0/s1. The van der Waals surface area contributed by atoms with Crippen LogP contribution in [-0.2, 0) is 0 Å². The molecule has 1 saturated carbocycles. The van der Waals surface area contributed by atoms with Gasteiger partial charge in [0.2, 0.25) is 0 Å². The zero-order chi connectivity index (χ0) is 11.6. The lowest BCUT2D eigenvalue weighted by Gasteiger charge is -2.21. The molecular formula is C12H25N3. The third-order valence-corrected chi connectivity index (χ3v) is 2.83. The van der Waals surface area contributed by atoms with E-state index in [-0.39, 0.29) is 5.54 Å². The van der Waals surface area contributed by atoms with Crippen molar-refractivity contribution in [2.45, 2.75) is 46.6 Å². The monoisotopic (exact) mass is 211 g/mol. The van der Waals surface area contributed by atoms with E-state index in [1.54, 1.807) is 0 Å². The molecule has 0 bridgehead atoms. The molecule has 15 heavy (non-hydrogen) atoms. The Kier molecular flexibility index (Phi) is 3.63. The Labute approximate surface area is 93.5 Å². The second-order valence-corrected chi connectivity index (χ2v) is 6.00. The van der Waals surface area contributed by atoms with E-state index in [0.29, 0.717) is 5.96 Å². The van der Waals surface area contributed by atoms with E-state index in [4.69, 9.17) is 5.73 Å². The van der Waals surface area contributed by atoms with E-state index in [1.807, 2.05) is 0 Å². The van der Waals surface area contributed by atoms with Gasteiger partial charge in [0.15, 0.2) is 5.96 Å². The number of hydrogen-bond acceptors (Lipinski definition) is 1. The molecule has 3 heteroatoms. The highest BCUT2D eigenvalue weighted by Crippen LogP contribution is 2.44. The zero-order valence-corrected chi connectivity index (χ0v) is 10.7. The first kappa shape index (κ1) is 12.3. The summed E-state index contributed by atoms with van der Waals surface area (Å²) in [5.74, 6) is 3.01. The van der Waals surface area contributed by atoms with Crippen LogP contribution in [0.3, 0.4) is 0 Å². The van der Waals surface area contributed by atoms with E-state index in [2.05, 4.69) is 44.9 Å². The number of guanidine groups is 1. The third kappa shape index (κ3) is 4.54. The number of nitrogens with two attached hydrogens (primary N) is 1. The van der Waals surface area contributed by atoms with Crippen LogP contribution < -0.4 is 11.1 Å². The average molecular weight is 211 g/mol. The molecule has 0 aromatic carbocycles. The van der Waals surface area contributed by atoms with Crippen LogP contribution in [0.4, 0.5) is 0 Å². The van der Waals surface area contributed by atoms with E-state index in [9.17, 15) is 0 Å². The van der Waals surface area contributed by atoms with Crippen LogP contribution in [0.2, 0.25) is 0 Å². The normalized spacial score (nSPS) is 26.9. The van der Waals surface area contributed by atoms with Gasteiger partial charge in [-0.2, -0.15) is 0 Å². The molecule has 3 N–H and O–H groups in total. The summed E-state index contributed by atoms with van der Waals surface area (Å²) in [5, 5.41) is 3.17. The van der Waals surface area contributed by atoms with Crippen LogP contribution in [0, 0.1) is 17.8 Å². The minimum Gasteiger partial charge on any atom is -0.370 e. The first-order valence-corrected chi connectivity index (χ1v) is 5.87. The van der Waals surface area contributed by atoms with Crippen LogP contribution in [0.1, 0.15) is 41.0 Å². The van der Waals surface area contributed by atoms with Crippen LogP contribution in [-0.4, -0.2) is 18.0 Å². The van der Waals surface area contributed by atoms with Crippen molar-refractivity contribution in [3.05, 3.63) is 0 Å². The van der Waals surface area contributed by atoms with E-state index in [1.165, 1.54) is 6.42 Å². The molecule has 0 unspecified atom stereocenters. The summed E-state index contributed by atoms with van der Waals surface area (Å²) in [7, 11) is 0. The topological polar surface area (TPSA) is 50.4 Å². The smallest absolute Gasteiger partial charge is 0.188 e. The van der Waals surface area contributed by atoms with Crippen LogP contribution in [0.25, 0.3) is 0 Å². The highest BCUT2D eigenvalue weighted by molar-refractivity contribution is 5.78. The summed E-state index contributed by atoms with van der Waals surface area (Å²) in [6, 6.07) is 0. The van der Waals surface area contributed by atoms with Gasteiger partial charge in [0.25, 0.3) is 0 Å². The van der Waals surface area contributed by atoms with Crippen molar-refractivity contribution in [2.75, 3.05) is 6.54 Å². The van der Waals surface area contributed by atoms with Crippen molar-refractivity contribution in [1.29, 1.82) is 0 Å². The lowest BCUT2D eigenvalue weighted by atomic mass is 10.1. The molecule has 88 valence electrons. The molecule has 0 amide bonds. The summed E-state index contributed by atoms with van der Waals surface area (Å²) in [6.07, 6.45) is 1.32. The van der Waals surface area contributed by atoms with E-state index < -0.39 is 0 Å². The van der Waals surface area contributed by atoms with Gasteiger partial charge < -0.3 is 11.1 Å². The Morgan fingerprint density at radius 1 is 1.47 bits per heavy atom. The van der Waals surface area contributed by atoms with Crippen LogP contribution in [0.15, 0.2) is 4.99 Å². The molecule has 0 heterocycles. The van der Waals surface area contributed by atoms with Gasteiger partial charge in [0, 0.05) is 12.1 Å². The first-order valence-electron chi connectivity index (χ1n) is 5.87. The second-order valence-electron chi connectivity index (χ2n) is 6.00. The molecule has 0 spiro atoms. The number of rotatable bonds is 3. The summed E-state index contributed by atoms with van der Waals surface area (Å²) in [5.41, 5.74) is 5.80. The molecule has 0 aliphatic heterocycles. The Bertz CT molecular complexity index is 238. The number of hydrogen-bond donors (Lipinski definition) is 2. The fourth-order valence-corrected chi connectivity index (χ4v) is 1.94.